The Bertz CT molecular complexity index is 469. The minimum atomic E-state index is -1.25. The maximum absolute atomic E-state index is 13.6. The van der Waals surface area contributed by atoms with E-state index in [9.17, 15) is 9.18 Å². The van der Waals surface area contributed by atoms with E-state index in [2.05, 4.69) is 24.3 Å². The molecule has 104 valence electrons. The zero-order chi connectivity index (χ0) is 14.0. The maximum Gasteiger partial charge on any atom is 0.338 e. The molecular formula is C14H19FN2O2. The third-order valence-corrected chi connectivity index (χ3v) is 3.65. The van der Waals surface area contributed by atoms with Crippen LogP contribution in [0.15, 0.2) is 18.2 Å². The lowest BCUT2D eigenvalue weighted by Crippen LogP contribution is -2.47. The minimum Gasteiger partial charge on any atom is -0.478 e. The van der Waals surface area contributed by atoms with E-state index in [1.807, 2.05) is 0 Å². The number of carboxylic acids is 1. The molecule has 5 heteroatoms. The highest BCUT2D eigenvalue weighted by molar-refractivity contribution is 5.88. The molecule has 1 aliphatic rings. The lowest BCUT2D eigenvalue weighted by atomic mass is 10.00. The maximum atomic E-state index is 13.6. The first-order valence-corrected chi connectivity index (χ1v) is 6.57. The number of halogens is 1. The average Bonchev–Trinajstić information content (AvgIpc) is 2.33. The highest BCUT2D eigenvalue weighted by Crippen LogP contribution is 2.24. The van der Waals surface area contributed by atoms with E-state index in [4.69, 9.17) is 5.11 Å². The SMILES string of the molecule is CC1CCCC(C)N1Nc1ccc(C(=O)O)c(F)c1. The summed E-state index contributed by atoms with van der Waals surface area (Å²) in [4.78, 5) is 10.8. The number of nitrogens with one attached hydrogen (secondary N) is 1. The van der Waals surface area contributed by atoms with Crippen molar-refractivity contribution in [3.63, 3.8) is 0 Å². The summed E-state index contributed by atoms with van der Waals surface area (Å²) in [5.74, 6) is -1.96. The number of piperidine rings is 1. The van der Waals surface area contributed by atoms with Gasteiger partial charge in [-0.1, -0.05) is 6.42 Å². The van der Waals surface area contributed by atoms with Crippen molar-refractivity contribution >= 4 is 11.7 Å². The van der Waals surface area contributed by atoms with E-state index in [0.717, 1.165) is 12.8 Å². The average molecular weight is 266 g/mol. The number of rotatable bonds is 3. The van der Waals surface area contributed by atoms with E-state index in [1.165, 1.54) is 18.6 Å². The number of hydrogen-bond donors (Lipinski definition) is 2. The fraction of sp³-hybridized carbons (Fsp3) is 0.500. The Labute approximate surface area is 112 Å². The van der Waals surface area contributed by atoms with Crippen molar-refractivity contribution < 1.29 is 14.3 Å². The van der Waals surface area contributed by atoms with E-state index < -0.39 is 11.8 Å². The molecule has 2 unspecified atom stereocenters. The molecule has 2 rings (SSSR count). The van der Waals surface area contributed by atoms with E-state index >= 15 is 0 Å². The van der Waals surface area contributed by atoms with Crippen LogP contribution >= 0.6 is 0 Å². The first-order chi connectivity index (χ1) is 8.99. The van der Waals surface area contributed by atoms with Crippen LogP contribution in [0.25, 0.3) is 0 Å². The van der Waals surface area contributed by atoms with Crippen molar-refractivity contribution in [2.75, 3.05) is 5.43 Å². The molecule has 1 aliphatic heterocycles. The largest absolute Gasteiger partial charge is 0.478 e. The Morgan fingerprint density at radius 1 is 1.37 bits per heavy atom. The normalized spacial score (nSPS) is 24.2. The molecule has 1 aromatic carbocycles. The van der Waals surface area contributed by atoms with E-state index in [0.29, 0.717) is 17.8 Å². The molecular weight excluding hydrogens is 247 g/mol. The van der Waals surface area contributed by atoms with Gasteiger partial charge in [0.25, 0.3) is 0 Å². The molecule has 19 heavy (non-hydrogen) atoms. The van der Waals surface area contributed by atoms with Gasteiger partial charge >= 0.3 is 5.97 Å². The van der Waals surface area contributed by atoms with Gasteiger partial charge in [0.05, 0.1) is 11.3 Å². The third-order valence-electron chi connectivity index (χ3n) is 3.65. The zero-order valence-electron chi connectivity index (χ0n) is 11.2. The number of anilines is 1. The molecule has 0 aromatic heterocycles. The van der Waals surface area contributed by atoms with Gasteiger partial charge in [-0.2, -0.15) is 0 Å². The van der Waals surface area contributed by atoms with Crippen LogP contribution in [0.3, 0.4) is 0 Å². The molecule has 2 N–H and O–H groups in total. The molecule has 4 nitrogen and oxygen atoms in total. The summed E-state index contributed by atoms with van der Waals surface area (Å²) in [7, 11) is 0. The molecule has 1 fully saturated rings. The zero-order valence-corrected chi connectivity index (χ0v) is 11.2. The van der Waals surface area contributed by atoms with Crippen LogP contribution in [0.2, 0.25) is 0 Å². The predicted octanol–water partition coefficient (Wildman–Crippen LogP) is 3.11. The fourth-order valence-electron chi connectivity index (χ4n) is 2.55. The summed E-state index contributed by atoms with van der Waals surface area (Å²) in [5, 5.41) is 10.9. The lowest BCUT2D eigenvalue weighted by molar-refractivity contribution is 0.0692. The summed E-state index contributed by atoms with van der Waals surface area (Å²) in [6, 6.07) is 4.88. The molecule has 0 radical (unpaired) electrons. The summed E-state index contributed by atoms with van der Waals surface area (Å²) in [6.07, 6.45) is 3.41. The van der Waals surface area contributed by atoms with Crippen LogP contribution in [-0.4, -0.2) is 28.2 Å². The number of benzene rings is 1. The van der Waals surface area contributed by atoms with Crippen LogP contribution < -0.4 is 5.43 Å². The Morgan fingerprint density at radius 2 is 2.00 bits per heavy atom. The molecule has 0 saturated carbocycles. The Hall–Kier alpha value is -1.62. The van der Waals surface area contributed by atoms with Gasteiger partial charge in [0.1, 0.15) is 5.82 Å². The van der Waals surface area contributed by atoms with Gasteiger partial charge in [-0.05, 0) is 44.9 Å². The molecule has 1 heterocycles. The second-order valence-electron chi connectivity index (χ2n) is 5.15. The van der Waals surface area contributed by atoms with Crippen molar-refractivity contribution in [1.82, 2.24) is 5.01 Å². The third kappa shape index (κ3) is 3.04. The second-order valence-corrected chi connectivity index (χ2v) is 5.15. The summed E-state index contributed by atoms with van der Waals surface area (Å²) in [5.41, 5.74) is 3.47. The highest BCUT2D eigenvalue weighted by Gasteiger charge is 2.24. The standard InChI is InChI=1S/C14H19FN2O2/c1-9-4-3-5-10(2)17(9)16-11-6-7-12(14(18)19)13(15)8-11/h6-10,16H,3-5H2,1-2H3,(H,18,19). The fourth-order valence-corrected chi connectivity index (χ4v) is 2.55. The van der Waals surface area contributed by atoms with Crippen molar-refractivity contribution in [2.45, 2.75) is 45.2 Å². The number of nitrogens with zero attached hydrogens (tertiary/aromatic N) is 1. The Kier molecular flexibility index (Phi) is 4.04. The Morgan fingerprint density at radius 3 is 2.53 bits per heavy atom. The van der Waals surface area contributed by atoms with Gasteiger partial charge in [0, 0.05) is 12.1 Å². The lowest BCUT2D eigenvalue weighted by Gasteiger charge is -2.39. The van der Waals surface area contributed by atoms with Crippen molar-refractivity contribution in [3.8, 4) is 0 Å². The molecule has 2 atom stereocenters. The smallest absolute Gasteiger partial charge is 0.338 e. The van der Waals surface area contributed by atoms with Crippen LogP contribution in [0, 0.1) is 5.82 Å². The number of hydrazine groups is 1. The highest BCUT2D eigenvalue weighted by atomic mass is 19.1. The number of aromatic carboxylic acids is 1. The van der Waals surface area contributed by atoms with Crippen molar-refractivity contribution in [1.29, 1.82) is 0 Å². The topological polar surface area (TPSA) is 52.6 Å². The first-order valence-electron chi connectivity index (χ1n) is 6.57. The van der Waals surface area contributed by atoms with Crippen LogP contribution in [0.4, 0.5) is 10.1 Å². The van der Waals surface area contributed by atoms with Gasteiger partial charge < -0.3 is 10.5 Å². The molecule has 1 aromatic rings. The quantitative estimate of drug-likeness (QED) is 0.882. The second kappa shape index (κ2) is 5.57. The van der Waals surface area contributed by atoms with Gasteiger partial charge in [-0.3, -0.25) is 0 Å². The molecule has 0 bridgehead atoms. The summed E-state index contributed by atoms with van der Waals surface area (Å²) >= 11 is 0. The first kappa shape index (κ1) is 13.8. The minimum absolute atomic E-state index is 0.301. The van der Waals surface area contributed by atoms with Crippen LogP contribution in [0.5, 0.6) is 0 Å². The Balaban J connectivity index is 2.14. The van der Waals surface area contributed by atoms with Crippen LogP contribution in [0.1, 0.15) is 43.5 Å². The molecule has 0 spiro atoms. The summed E-state index contributed by atoms with van der Waals surface area (Å²) < 4.78 is 13.6. The van der Waals surface area contributed by atoms with Crippen LogP contribution in [-0.2, 0) is 0 Å². The van der Waals surface area contributed by atoms with Gasteiger partial charge in [0.15, 0.2) is 0 Å². The van der Waals surface area contributed by atoms with Gasteiger partial charge in [-0.15, -0.1) is 0 Å². The van der Waals surface area contributed by atoms with Gasteiger partial charge in [0.2, 0.25) is 0 Å². The number of carbonyl (C=O) groups is 1. The molecule has 1 saturated heterocycles. The van der Waals surface area contributed by atoms with E-state index in [-0.39, 0.29) is 5.56 Å². The number of carboxylic acid groups (broad SMARTS) is 1. The molecule has 0 aliphatic carbocycles. The van der Waals surface area contributed by atoms with E-state index in [1.54, 1.807) is 6.07 Å². The molecule has 0 amide bonds. The van der Waals surface area contributed by atoms with Gasteiger partial charge in [-0.25, -0.2) is 14.2 Å². The van der Waals surface area contributed by atoms with Crippen molar-refractivity contribution in [3.05, 3.63) is 29.6 Å². The predicted molar refractivity (Wildman–Crippen MR) is 71.6 cm³/mol. The summed E-state index contributed by atoms with van der Waals surface area (Å²) in [6.45, 7) is 4.26. The monoisotopic (exact) mass is 266 g/mol. The number of hydrogen-bond acceptors (Lipinski definition) is 3. The van der Waals surface area contributed by atoms with Crippen molar-refractivity contribution in [2.24, 2.45) is 0 Å².